The Balaban J connectivity index is 2.13. The van der Waals surface area contributed by atoms with Crippen molar-refractivity contribution in [3.8, 4) is 5.69 Å². The monoisotopic (exact) mass is 335 g/mol. The van der Waals surface area contributed by atoms with E-state index in [2.05, 4.69) is 47.7 Å². The number of H-pyrrole nitrogens is 1. The van der Waals surface area contributed by atoms with Crippen molar-refractivity contribution in [1.29, 1.82) is 0 Å². The van der Waals surface area contributed by atoms with E-state index in [1.54, 1.807) is 0 Å². The first-order valence-electron chi connectivity index (χ1n) is 8.86. The molecule has 0 saturated carbocycles. The van der Waals surface area contributed by atoms with Crippen LogP contribution in [0.25, 0.3) is 27.5 Å². The molecule has 0 fully saturated rings. The Morgan fingerprint density at radius 3 is 2.60 bits per heavy atom. The molecule has 0 bridgehead atoms. The van der Waals surface area contributed by atoms with Crippen molar-refractivity contribution >= 4 is 21.8 Å². The molecular weight excluding hydrogens is 313 g/mol. The molecule has 3 nitrogen and oxygen atoms in total. The third-order valence-electron chi connectivity index (χ3n) is 4.80. The molecule has 0 spiro atoms. The lowest BCUT2D eigenvalue weighted by Crippen LogP contribution is -2.04. The molecule has 0 amide bonds. The summed E-state index contributed by atoms with van der Waals surface area (Å²) in [6.45, 7) is 6.65. The molecule has 25 heavy (non-hydrogen) atoms. The third kappa shape index (κ3) is 2.53. The fraction of sp³-hybridized carbons (Fsp3) is 0.286. The van der Waals surface area contributed by atoms with E-state index < -0.39 is 0 Å². The summed E-state index contributed by atoms with van der Waals surface area (Å²) in [4.78, 5) is 0. The highest BCUT2D eigenvalue weighted by Crippen LogP contribution is 2.36. The number of hydrogen-bond donors (Lipinski definition) is 1. The van der Waals surface area contributed by atoms with Gasteiger partial charge in [-0.2, -0.15) is 5.10 Å². The van der Waals surface area contributed by atoms with Crippen LogP contribution in [0.2, 0.25) is 0 Å². The van der Waals surface area contributed by atoms with Gasteiger partial charge in [0.15, 0.2) is 0 Å². The maximum Gasteiger partial charge on any atom is 0.123 e. The van der Waals surface area contributed by atoms with E-state index in [0.717, 1.165) is 34.9 Å². The Labute approximate surface area is 146 Å². The second-order valence-corrected chi connectivity index (χ2v) is 6.91. The third-order valence-corrected chi connectivity index (χ3v) is 4.80. The molecule has 2 aromatic heterocycles. The van der Waals surface area contributed by atoms with Gasteiger partial charge < -0.3 is 4.57 Å². The van der Waals surface area contributed by atoms with Crippen molar-refractivity contribution < 1.29 is 4.39 Å². The van der Waals surface area contributed by atoms with Crippen LogP contribution in [0.4, 0.5) is 4.39 Å². The fourth-order valence-electron chi connectivity index (χ4n) is 3.80. The average molecular weight is 335 g/mol. The first-order valence-corrected chi connectivity index (χ1v) is 8.86. The van der Waals surface area contributed by atoms with Gasteiger partial charge in [0.2, 0.25) is 0 Å². The predicted octanol–water partition coefficient (Wildman–Crippen LogP) is 5.72. The van der Waals surface area contributed by atoms with Gasteiger partial charge in [-0.05, 0) is 54.3 Å². The van der Waals surface area contributed by atoms with Crippen LogP contribution in [0, 0.1) is 5.82 Å². The molecular formula is C21H22FN3. The fourth-order valence-corrected chi connectivity index (χ4v) is 3.80. The maximum absolute atomic E-state index is 13.4. The van der Waals surface area contributed by atoms with Crippen LogP contribution in [-0.2, 0) is 6.42 Å². The van der Waals surface area contributed by atoms with E-state index in [4.69, 9.17) is 0 Å². The Morgan fingerprint density at radius 2 is 1.92 bits per heavy atom. The largest absolute Gasteiger partial charge is 0.313 e. The zero-order valence-electron chi connectivity index (χ0n) is 14.8. The van der Waals surface area contributed by atoms with E-state index in [0.29, 0.717) is 5.92 Å². The molecule has 0 aliphatic heterocycles. The molecule has 2 heterocycles. The summed E-state index contributed by atoms with van der Waals surface area (Å²) < 4.78 is 15.7. The Kier molecular flexibility index (Phi) is 3.83. The molecule has 0 saturated heterocycles. The Hall–Kier alpha value is -2.62. The van der Waals surface area contributed by atoms with Crippen molar-refractivity contribution in [1.82, 2.24) is 14.8 Å². The number of nitrogens with one attached hydrogen (secondary N) is 1. The number of nitrogens with zero attached hydrogens (tertiary/aromatic N) is 2. The SMILES string of the molecule is CCCc1c(C(C)C)n(-c2ccc(F)cc2)c2cc3cn[nH]c3cc12. The van der Waals surface area contributed by atoms with Crippen molar-refractivity contribution in [2.24, 2.45) is 0 Å². The summed E-state index contributed by atoms with van der Waals surface area (Å²) in [5, 5.41) is 9.59. The van der Waals surface area contributed by atoms with Gasteiger partial charge >= 0.3 is 0 Å². The van der Waals surface area contributed by atoms with Gasteiger partial charge in [-0.1, -0.05) is 27.2 Å². The minimum atomic E-state index is -0.211. The van der Waals surface area contributed by atoms with Crippen LogP contribution < -0.4 is 0 Å². The zero-order chi connectivity index (χ0) is 17.6. The lowest BCUT2D eigenvalue weighted by atomic mass is 9.99. The Bertz CT molecular complexity index is 1040. The summed E-state index contributed by atoms with van der Waals surface area (Å²) in [6.07, 6.45) is 3.96. The normalized spacial score (nSPS) is 11.9. The van der Waals surface area contributed by atoms with Gasteiger partial charge in [0.25, 0.3) is 0 Å². The standard InChI is InChI=1S/C21H22FN3/c1-4-5-17-18-11-19-14(12-23-24-19)10-20(18)25(21(17)13(2)3)16-8-6-15(22)7-9-16/h6-13H,4-5H2,1-3H3,(H,23,24). The second kappa shape index (κ2) is 6.03. The second-order valence-electron chi connectivity index (χ2n) is 6.91. The summed E-state index contributed by atoms with van der Waals surface area (Å²) in [5.41, 5.74) is 5.90. The molecule has 4 aromatic rings. The molecule has 0 aliphatic carbocycles. The quantitative estimate of drug-likeness (QED) is 0.508. The van der Waals surface area contributed by atoms with Crippen molar-refractivity contribution in [2.75, 3.05) is 0 Å². The lowest BCUT2D eigenvalue weighted by Gasteiger charge is -2.15. The zero-order valence-corrected chi connectivity index (χ0v) is 14.8. The van der Waals surface area contributed by atoms with Crippen LogP contribution in [0.1, 0.15) is 44.4 Å². The van der Waals surface area contributed by atoms with Crippen LogP contribution in [0.3, 0.4) is 0 Å². The van der Waals surface area contributed by atoms with E-state index in [1.165, 1.54) is 28.8 Å². The van der Waals surface area contributed by atoms with Gasteiger partial charge in [-0.3, -0.25) is 5.10 Å². The molecule has 4 heteroatoms. The van der Waals surface area contributed by atoms with Gasteiger partial charge in [0.1, 0.15) is 5.82 Å². The smallest absolute Gasteiger partial charge is 0.123 e. The summed E-state index contributed by atoms with van der Waals surface area (Å²) >= 11 is 0. The van der Waals surface area contributed by atoms with Crippen LogP contribution in [-0.4, -0.2) is 14.8 Å². The minimum Gasteiger partial charge on any atom is -0.313 e. The van der Waals surface area contributed by atoms with E-state index in [1.807, 2.05) is 18.3 Å². The van der Waals surface area contributed by atoms with Crippen molar-refractivity contribution in [3.63, 3.8) is 0 Å². The molecule has 0 aliphatic rings. The van der Waals surface area contributed by atoms with E-state index in [9.17, 15) is 4.39 Å². The molecule has 128 valence electrons. The first kappa shape index (κ1) is 15.9. The maximum atomic E-state index is 13.4. The molecule has 0 atom stereocenters. The number of hydrogen-bond acceptors (Lipinski definition) is 1. The number of halogens is 1. The topological polar surface area (TPSA) is 33.6 Å². The van der Waals surface area contributed by atoms with E-state index in [-0.39, 0.29) is 5.82 Å². The van der Waals surface area contributed by atoms with Crippen LogP contribution in [0.15, 0.2) is 42.6 Å². The number of aromatic nitrogens is 3. The van der Waals surface area contributed by atoms with Crippen LogP contribution >= 0.6 is 0 Å². The van der Waals surface area contributed by atoms with Gasteiger partial charge in [0, 0.05) is 22.2 Å². The molecule has 4 rings (SSSR count). The van der Waals surface area contributed by atoms with Crippen molar-refractivity contribution in [2.45, 2.75) is 39.5 Å². The number of rotatable bonds is 4. The predicted molar refractivity (Wildman–Crippen MR) is 101 cm³/mol. The number of fused-ring (bicyclic) bond motifs is 2. The van der Waals surface area contributed by atoms with Gasteiger partial charge in [-0.25, -0.2) is 4.39 Å². The summed E-state index contributed by atoms with van der Waals surface area (Å²) in [7, 11) is 0. The number of benzene rings is 2. The van der Waals surface area contributed by atoms with Gasteiger partial charge in [0.05, 0.1) is 17.2 Å². The summed E-state index contributed by atoms with van der Waals surface area (Å²) in [5.74, 6) is 0.160. The summed E-state index contributed by atoms with van der Waals surface area (Å²) in [6, 6.07) is 11.2. The van der Waals surface area contributed by atoms with Crippen molar-refractivity contribution in [3.05, 3.63) is 59.7 Å². The highest BCUT2D eigenvalue weighted by atomic mass is 19.1. The molecule has 0 unspecified atom stereocenters. The average Bonchev–Trinajstić information content (AvgIpc) is 3.16. The van der Waals surface area contributed by atoms with Crippen LogP contribution in [0.5, 0.6) is 0 Å². The van der Waals surface area contributed by atoms with Gasteiger partial charge in [-0.15, -0.1) is 0 Å². The highest BCUT2D eigenvalue weighted by molar-refractivity contribution is 5.98. The Morgan fingerprint density at radius 1 is 1.16 bits per heavy atom. The van der Waals surface area contributed by atoms with E-state index >= 15 is 0 Å². The first-order chi connectivity index (χ1) is 12.1. The molecule has 0 radical (unpaired) electrons. The highest BCUT2D eigenvalue weighted by Gasteiger charge is 2.21. The molecule has 2 aromatic carbocycles. The number of aromatic amines is 1. The minimum absolute atomic E-state index is 0.211. The molecule has 1 N–H and O–H groups in total. The lowest BCUT2D eigenvalue weighted by molar-refractivity contribution is 0.627. The number of aryl methyl sites for hydroxylation is 1.